The Morgan fingerprint density at radius 3 is 2.46 bits per heavy atom. The monoisotopic (exact) mass is 500 g/mol. The molecule has 8 nitrogen and oxygen atoms in total. The number of carbonyl (C=O) groups is 1. The summed E-state index contributed by atoms with van der Waals surface area (Å²) in [5, 5.41) is 16.0. The zero-order valence-electron chi connectivity index (χ0n) is 16.7. The second-order valence-corrected chi connectivity index (χ2v) is 7.01. The smallest absolute Gasteiger partial charge is 0.412 e. The van der Waals surface area contributed by atoms with Gasteiger partial charge in [-0.25, -0.2) is 4.79 Å². The van der Waals surface area contributed by atoms with Crippen molar-refractivity contribution in [2.24, 2.45) is 4.99 Å². The average molecular weight is 500 g/mol. The number of aliphatic imine (C=N–C) groups is 1. The van der Waals surface area contributed by atoms with Crippen LogP contribution in [-0.2, 0) is 17.7 Å². The van der Waals surface area contributed by atoms with Gasteiger partial charge in [-0.3, -0.25) is 15.4 Å². The number of H-pyrrole nitrogens is 1. The number of anilines is 1. The van der Waals surface area contributed by atoms with Gasteiger partial charge >= 0.3 is 6.09 Å². The molecule has 0 fully saturated rings. The van der Waals surface area contributed by atoms with E-state index < -0.39 is 11.7 Å². The Balaban J connectivity index is 0.00000392. The first-order valence-electron chi connectivity index (χ1n) is 8.87. The van der Waals surface area contributed by atoms with Crippen LogP contribution in [0.1, 0.15) is 32.0 Å². The zero-order valence-corrected chi connectivity index (χ0v) is 19.0. The predicted molar refractivity (Wildman–Crippen MR) is 122 cm³/mol. The molecule has 0 saturated heterocycles. The molecule has 0 bridgehead atoms. The van der Waals surface area contributed by atoms with Crippen molar-refractivity contribution >= 4 is 41.7 Å². The maximum atomic E-state index is 11.8. The van der Waals surface area contributed by atoms with E-state index in [9.17, 15) is 4.79 Å². The molecule has 0 saturated carbocycles. The molecule has 1 aromatic carbocycles. The number of nitrogens with zero attached hydrogens (tertiary/aromatic N) is 2. The van der Waals surface area contributed by atoms with Gasteiger partial charge in [0.05, 0.1) is 12.2 Å². The van der Waals surface area contributed by atoms with Crippen LogP contribution in [0.15, 0.2) is 41.5 Å². The van der Waals surface area contributed by atoms with Crippen molar-refractivity contribution in [2.75, 3.05) is 18.9 Å². The van der Waals surface area contributed by atoms with E-state index in [0.29, 0.717) is 12.2 Å². The highest BCUT2D eigenvalue weighted by Crippen LogP contribution is 2.13. The van der Waals surface area contributed by atoms with Crippen LogP contribution in [0.2, 0.25) is 0 Å². The Hall–Kier alpha value is -2.30. The van der Waals surface area contributed by atoms with Gasteiger partial charge in [-0.15, -0.1) is 24.0 Å². The van der Waals surface area contributed by atoms with Crippen LogP contribution in [0.5, 0.6) is 0 Å². The Labute approximate surface area is 182 Å². The summed E-state index contributed by atoms with van der Waals surface area (Å²) < 4.78 is 5.24. The number of guanidine groups is 1. The number of ether oxygens (including phenoxy) is 1. The van der Waals surface area contributed by atoms with E-state index in [-0.39, 0.29) is 24.0 Å². The Bertz CT molecular complexity index is 739. The Kier molecular flexibility index (Phi) is 9.77. The third-order valence-corrected chi connectivity index (χ3v) is 3.53. The maximum Gasteiger partial charge on any atom is 0.412 e. The van der Waals surface area contributed by atoms with Gasteiger partial charge in [-0.05, 0) is 51.0 Å². The minimum absolute atomic E-state index is 0. The van der Waals surface area contributed by atoms with Crippen molar-refractivity contribution in [3.63, 3.8) is 0 Å². The normalized spacial score (nSPS) is 11.4. The van der Waals surface area contributed by atoms with Crippen molar-refractivity contribution in [3.05, 3.63) is 47.8 Å². The molecule has 0 unspecified atom stereocenters. The number of hydrogen-bond donors (Lipinski definition) is 4. The predicted octanol–water partition coefficient (Wildman–Crippen LogP) is 3.28. The summed E-state index contributed by atoms with van der Waals surface area (Å²) in [6, 6.07) is 9.60. The van der Waals surface area contributed by atoms with Crippen LogP contribution in [0.3, 0.4) is 0 Å². The number of halogens is 1. The van der Waals surface area contributed by atoms with Crippen LogP contribution < -0.4 is 16.0 Å². The molecule has 0 aliphatic heterocycles. The molecule has 0 atom stereocenters. The molecule has 0 aliphatic carbocycles. The third kappa shape index (κ3) is 9.07. The third-order valence-electron chi connectivity index (χ3n) is 3.53. The highest BCUT2D eigenvalue weighted by molar-refractivity contribution is 14.0. The molecule has 154 valence electrons. The van der Waals surface area contributed by atoms with Gasteiger partial charge < -0.3 is 15.4 Å². The van der Waals surface area contributed by atoms with Crippen LogP contribution in [0.25, 0.3) is 0 Å². The highest BCUT2D eigenvalue weighted by Gasteiger charge is 2.16. The average Bonchev–Trinajstić information content (AvgIpc) is 3.11. The SMILES string of the molecule is CN=C(NCCc1ccc(NC(=O)OC(C)(C)C)cc1)NCc1ccn[nH]1.I. The summed E-state index contributed by atoms with van der Waals surface area (Å²) in [6.07, 6.45) is 2.09. The van der Waals surface area contributed by atoms with E-state index in [1.54, 1.807) is 13.2 Å². The van der Waals surface area contributed by atoms with Gasteiger partial charge in [0.25, 0.3) is 0 Å². The summed E-state index contributed by atoms with van der Waals surface area (Å²) in [7, 11) is 1.74. The minimum atomic E-state index is -0.514. The molecule has 1 heterocycles. The number of aromatic amines is 1. The van der Waals surface area contributed by atoms with Crippen molar-refractivity contribution in [3.8, 4) is 0 Å². The first kappa shape index (κ1) is 23.7. The summed E-state index contributed by atoms with van der Waals surface area (Å²) >= 11 is 0. The van der Waals surface area contributed by atoms with Crippen molar-refractivity contribution in [2.45, 2.75) is 39.3 Å². The molecule has 0 radical (unpaired) electrons. The van der Waals surface area contributed by atoms with E-state index in [2.05, 4.69) is 31.1 Å². The summed E-state index contributed by atoms with van der Waals surface area (Å²) in [5.41, 5.74) is 2.34. The lowest BCUT2D eigenvalue weighted by Gasteiger charge is -2.19. The van der Waals surface area contributed by atoms with Crippen molar-refractivity contribution in [1.29, 1.82) is 0 Å². The molecule has 2 rings (SSSR count). The highest BCUT2D eigenvalue weighted by atomic mass is 127. The van der Waals surface area contributed by atoms with Gasteiger partial charge in [-0.1, -0.05) is 12.1 Å². The Morgan fingerprint density at radius 2 is 1.89 bits per heavy atom. The van der Waals surface area contributed by atoms with E-state index in [1.807, 2.05) is 51.1 Å². The van der Waals surface area contributed by atoms with Gasteiger partial charge in [-0.2, -0.15) is 5.10 Å². The number of benzene rings is 1. The molecule has 0 aliphatic rings. The van der Waals surface area contributed by atoms with Crippen LogP contribution >= 0.6 is 24.0 Å². The zero-order chi connectivity index (χ0) is 19.7. The number of rotatable bonds is 6. The lowest BCUT2D eigenvalue weighted by Crippen LogP contribution is -2.37. The molecule has 0 spiro atoms. The summed E-state index contributed by atoms with van der Waals surface area (Å²) in [6.45, 7) is 6.87. The number of hydrogen-bond acceptors (Lipinski definition) is 4. The van der Waals surface area contributed by atoms with Gasteiger partial charge in [0.2, 0.25) is 0 Å². The first-order valence-corrected chi connectivity index (χ1v) is 8.87. The van der Waals surface area contributed by atoms with Gasteiger partial charge in [0.1, 0.15) is 5.60 Å². The molecular weight excluding hydrogens is 471 g/mol. The molecule has 4 N–H and O–H groups in total. The first-order chi connectivity index (χ1) is 12.9. The topological polar surface area (TPSA) is 103 Å². The number of carbonyl (C=O) groups excluding carboxylic acids is 1. The lowest BCUT2D eigenvalue weighted by molar-refractivity contribution is 0.0636. The second kappa shape index (κ2) is 11.5. The minimum Gasteiger partial charge on any atom is -0.444 e. The van der Waals surface area contributed by atoms with E-state index >= 15 is 0 Å². The van der Waals surface area contributed by atoms with Gasteiger partial charge in [0.15, 0.2) is 5.96 Å². The standard InChI is InChI=1S/C19H28N6O2.HI/c1-19(2,3)27-18(26)24-15-7-5-14(6-8-15)9-11-21-17(20-4)22-13-16-10-12-23-25-16;/h5-8,10,12H,9,11,13H2,1-4H3,(H,23,25)(H,24,26)(H2,20,21,22);1H. The molecule has 2 aromatic rings. The summed E-state index contributed by atoms with van der Waals surface area (Å²) in [5.74, 6) is 0.729. The molecule has 1 aromatic heterocycles. The fraction of sp³-hybridized carbons (Fsp3) is 0.421. The summed E-state index contributed by atoms with van der Waals surface area (Å²) in [4.78, 5) is 16.0. The molecule has 1 amide bonds. The van der Waals surface area contributed by atoms with Crippen LogP contribution in [0.4, 0.5) is 10.5 Å². The van der Waals surface area contributed by atoms with E-state index in [1.165, 1.54) is 0 Å². The maximum absolute atomic E-state index is 11.8. The number of aromatic nitrogens is 2. The molecular formula is C19H29IN6O2. The molecule has 9 heteroatoms. The second-order valence-electron chi connectivity index (χ2n) is 7.01. The fourth-order valence-corrected chi connectivity index (χ4v) is 2.28. The van der Waals surface area contributed by atoms with E-state index in [4.69, 9.17) is 4.74 Å². The van der Waals surface area contributed by atoms with E-state index in [0.717, 1.165) is 30.2 Å². The van der Waals surface area contributed by atoms with Gasteiger partial charge in [0, 0.05) is 25.5 Å². The van der Waals surface area contributed by atoms with Crippen molar-refractivity contribution in [1.82, 2.24) is 20.8 Å². The number of nitrogens with one attached hydrogen (secondary N) is 4. The Morgan fingerprint density at radius 1 is 1.18 bits per heavy atom. The lowest BCUT2D eigenvalue weighted by atomic mass is 10.1. The quantitative estimate of drug-likeness (QED) is 0.277. The molecule has 28 heavy (non-hydrogen) atoms. The largest absolute Gasteiger partial charge is 0.444 e. The van der Waals surface area contributed by atoms with Crippen LogP contribution in [0, 0.1) is 0 Å². The van der Waals surface area contributed by atoms with Crippen molar-refractivity contribution < 1.29 is 9.53 Å². The fourth-order valence-electron chi connectivity index (χ4n) is 2.28. The van der Waals surface area contributed by atoms with Crippen LogP contribution in [-0.4, -0.2) is 41.4 Å². The number of amides is 1.